The molecular weight excluding hydrogens is 216 g/mol. The quantitative estimate of drug-likeness (QED) is 0.782. The average Bonchev–Trinajstić information content (AvgIpc) is 1.99. The van der Waals surface area contributed by atoms with Crippen LogP contribution >= 0.6 is 0 Å². The fourth-order valence-corrected chi connectivity index (χ4v) is 1.11. The molecule has 1 aromatic carbocycles. The summed E-state index contributed by atoms with van der Waals surface area (Å²) in [5, 5.41) is 8.92. The van der Waals surface area contributed by atoms with Gasteiger partial charge in [-0.2, -0.15) is 13.2 Å². The Bertz CT molecular complexity index is 360. The zero-order valence-corrected chi connectivity index (χ0v) is 7.73. The number of benzene rings is 1. The highest BCUT2D eigenvalue weighted by molar-refractivity contribution is 5.42. The Morgan fingerprint density at radius 2 is 1.93 bits per heavy atom. The first-order chi connectivity index (χ1) is 6.86. The molecule has 0 radical (unpaired) electrons. The van der Waals surface area contributed by atoms with Gasteiger partial charge in [0.2, 0.25) is 0 Å². The van der Waals surface area contributed by atoms with Crippen LogP contribution in [0.3, 0.4) is 0 Å². The molecular formula is C9H8F4O2. The zero-order chi connectivity index (χ0) is 11.6. The van der Waals surface area contributed by atoms with Crippen LogP contribution in [0.4, 0.5) is 17.6 Å². The number of hydrogen-bond acceptors (Lipinski definition) is 2. The molecule has 1 rings (SSSR count). The molecule has 84 valence electrons. The standard InChI is InChI=1S/C9H8F4O2/c1-2-15-7-4-5(14)3-6(10)8(7)9(11,12)13/h3-4,14H,2H2,1H3. The Balaban J connectivity index is 3.33. The lowest BCUT2D eigenvalue weighted by atomic mass is 10.1. The second-order valence-electron chi connectivity index (χ2n) is 2.73. The van der Waals surface area contributed by atoms with Crippen molar-refractivity contribution in [2.75, 3.05) is 6.61 Å². The molecule has 0 atom stereocenters. The minimum atomic E-state index is -4.84. The molecule has 0 aliphatic rings. The largest absolute Gasteiger partial charge is 0.508 e. The third-order valence-corrected chi connectivity index (χ3v) is 1.62. The molecule has 0 bridgehead atoms. The van der Waals surface area contributed by atoms with Gasteiger partial charge in [-0.3, -0.25) is 0 Å². The van der Waals surface area contributed by atoms with E-state index in [0.29, 0.717) is 6.07 Å². The SMILES string of the molecule is CCOc1cc(O)cc(F)c1C(F)(F)F. The number of phenolic OH excluding ortho intramolecular Hbond substituents is 1. The van der Waals surface area contributed by atoms with Gasteiger partial charge in [-0.15, -0.1) is 0 Å². The van der Waals surface area contributed by atoms with E-state index in [1.54, 1.807) is 0 Å². The number of hydrogen-bond donors (Lipinski definition) is 1. The molecule has 0 saturated carbocycles. The molecule has 0 fully saturated rings. The lowest BCUT2D eigenvalue weighted by Crippen LogP contribution is -2.11. The van der Waals surface area contributed by atoms with E-state index < -0.39 is 29.1 Å². The summed E-state index contributed by atoms with van der Waals surface area (Å²) < 4.78 is 54.7. The van der Waals surface area contributed by atoms with Gasteiger partial charge in [-0.25, -0.2) is 4.39 Å². The van der Waals surface area contributed by atoms with E-state index in [0.717, 1.165) is 6.07 Å². The molecule has 1 aromatic rings. The van der Waals surface area contributed by atoms with E-state index >= 15 is 0 Å². The molecule has 0 aromatic heterocycles. The van der Waals surface area contributed by atoms with E-state index in [1.807, 2.05) is 0 Å². The number of ether oxygens (including phenoxy) is 1. The van der Waals surface area contributed by atoms with Gasteiger partial charge >= 0.3 is 6.18 Å². The monoisotopic (exact) mass is 224 g/mol. The number of aromatic hydroxyl groups is 1. The fourth-order valence-electron chi connectivity index (χ4n) is 1.11. The van der Waals surface area contributed by atoms with Crippen molar-refractivity contribution >= 4 is 0 Å². The normalized spacial score (nSPS) is 11.5. The maximum Gasteiger partial charge on any atom is 0.422 e. The summed E-state index contributed by atoms with van der Waals surface area (Å²) in [5.41, 5.74) is -1.50. The van der Waals surface area contributed by atoms with Crippen LogP contribution in [0.2, 0.25) is 0 Å². The Hall–Kier alpha value is -1.46. The van der Waals surface area contributed by atoms with Gasteiger partial charge in [0.15, 0.2) is 0 Å². The topological polar surface area (TPSA) is 29.5 Å². The van der Waals surface area contributed by atoms with Crippen molar-refractivity contribution in [3.8, 4) is 11.5 Å². The molecule has 0 saturated heterocycles. The van der Waals surface area contributed by atoms with Crippen molar-refractivity contribution < 1.29 is 27.4 Å². The van der Waals surface area contributed by atoms with Gasteiger partial charge in [0, 0.05) is 12.1 Å². The zero-order valence-electron chi connectivity index (χ0n) is 7.73. The molecule has 0 spiro atoms. The molecule has 1 N–H and O–H groups in total. The maximum absolute atomic E-state index is 13.0. The molecule has 0 aliphatic heterocycles. The van der Waals surface area contributed by atoms with Crippen molar-refractivity contribution in [3.05, 3.63) is 23.5 Å². The fraction of sp³-hybridized carbons (Fsp3) is 0.333. The maximum atomic E-state index is 13.0. The van der Waals surface area contributed by atoms with Crippen LogP contribution in [0.25, 0.3) is 0 Å². The highest BCUT2D eigenvalue weighted by Crippen LogP contribution is 2.40. The average molecular weight is 224 g/mol. The first kappa shape index (κ1) is 11.6. The number of phenols is 1. The molecule has 15 heavy (non-hydrogen) atoms. The van der Waals surface area contributed by atoms with Crippen molar-refractivity contribution in [3.63, 3.8) is 0 Å². The third kappa shape index (κ3) is 2.51. The Labute approximate surface area is 83.1 Å². The summed E-state index contributed by atoms with van der Waals surface area (Å²) in [6.07, 6.45) is -4.84. The van der Waals surface area contributed by atoms with Crippen molar-refractivity contribution in [1.29, 1.82) is 0 Å². The minimum Gasteiger partial charge on any atom is -0.508 e. The molecule has 0 amide bonds. The van der Waals surface area contributed by atoms with Gasteiger partial charge in [0.25, 0.3) is 0 Å². The van der Waals surface area contributed by atoms with Gasteiger partial charge < -0.3 is 9.84 Å². The van der Waals surface area contributed by atoms with Crippen molar-refractivity contribution in [1.82, 2.24) is 0 Å². The summed E-state index contributed by atoms with van der Waals surface area (Å²) >= 11 is 0. The first-order valence-corrected chi connectivity index (χ1v) is 4.08. The predicted octanol–water partition coefficient (Wildman–Crippen LogP) is 2.95. The van der Waals surface area contributed by atoms with Crippen molar-refractivity contribution in [2.24, 2.45) is 0 Å². The van der Waals surface area contributed by atoms with Crippen LogP contribution in [-0.2, 0) is 6.18 Å². The number of alkyl halides is 3. The summed E-state index contributed by atoms with van der Waals surface area (Å²) in [7, 11) is 0. The summed E-state index contributed by atoms with van der Waals surface area (Å²) in [6.45, 7) is 1.41. The van der Waals surface area contributed by atoms with Crippen LogP contribution in [0.1, 0.15) is 12.5 Å². The molecule has 0 heterocycles. The number of halogens is 4. The summed E-state index contributed by atoms with van der Waals surface area (Å²) in [5.74, 6) is -2.86. The van der Waals surface area contributed by atoms with Gasteiger partial charge in [-0.05, 0) is 6.92 Å². The molecule has 0 aliphatic carbocycles. The van der Waals surface area contributed by atoms with E-state index in [4.69, 9.17) is 5.11 Å². The van der Waals surface area contributed by atoms with E-state index in [-0.39, 0.29) is 6.61 Å². The highest BCUT2D eigenvalue weighted by Gasteiger charge is 2.38. The van der Waals surface area contributed by atoms with Crippen LogP contribution in [0.5, 0.6) is 11.5 Å². The molecule has 6 heteroatoms. The number of rotatable bonds is 2. The second-order valence-corrected chi connectivity index (χ2v) is 2.73. The predicted molar refractivity (Wildman–Crippen MR) is 44.2 cm³/mol. The lowest BCUT2D eigenvalue weighted by molar-refractivity contribution is -0.141. The Kier molecular flexibility index (Phi) is 3.06. The highest BCUT2D eigenvalue weighted by atomic mass is 19.4. The lowest BCUT2D eigenvalue weighted by Gasteiger charge is -2.14. The van der Waals surface area contributed by atoms with Gasteiger partial charge in [-0.1, -0.05) is 0 Å². The van der Waals surface area contributed by atoms with Gasteiger partial charge in [0.05, 0.1) is 6.61 Å². The Morgan fingerprint density at radius 1 is 1.33 bits per heavy atom. The van der Waals surface area contributed by atoms with E-state index in [2.05, 4.69) is 4.74 Å². The third-order valence-electron chi connectivity index (χ3n) is 1.62. The minimum absolute atomic E-state index is 0.0496. The first-order valence-electron chi connectivity index (χ1n) is 4.08. The second kappa shape index (κ2) is 3.96. The van der Waals surface area contributed by atoms with Crippen LogP contribution < -0.4 is 4.74 Å². The van der Waals surface area contributed by atoms with Crippen LogP contribution in [0, 0.1) is 5.82 Å². The smallest absolute Gasteiger partial charge is 0.422 e. The summed E-state index contributed by atoms with van der Waals surface area (Å²) in [6, 6.07) is 1.13. The van der Waals surface area contributed by atoms with E-state index in [1.165, 1.54) is 6.92 Å². The van der Waals surface area contributed by atoms with E-state index in [9.17, 15) is 17.6 Å². The molecule has 0 unspecified atom stereocenters. The van der Waals surface area contributed by atoms with Gasteiger partial charge in [0.1, 0.15) is 22.9 Å². The molecule has 2 nitrogen and oxygen atoms in total. The van der Waals surface area contributed by atoms with Crippen molar-refractivity contribution in [2.45, 2.75) is 13.1 Å². The summed E-state index contributed by atoms with van der Waals surface area (Å²) in [4.78, 5) is 0. The van der Waals surface area contributed by atoms with Crippen LogP contribution in [-0.4, -0.2) is 11.7 Å². The Morgan fingerprint density at radius 3 is 2.40 bits per heavy atom. The van der Waals surface area contributed by atoms with Crippen LogP contribution in [0.15, 0.2) is 12.1 Å².